The van der Waals surface area contributed by atoms with Crippen molar-refractivity contribution in [2.45, 2.75) is 20.3 Å². The molecule has 5 heteroatoms. The van der Waals surface area contributed by atoms with Gasteiger partial charge in [0, 0.05) is 6.20 Å². The molecule has 0 aliphatic carbocycles. The van der Waals surface area contributed by atoms with E-state index in [1.807, 2.05) is 25.1 Å². The number of aromatic nitrogens is 1. The summed E-state index contributed by atoms with van der Waals surface area (Å²) in [6.07, 6.45) is 2.54. The predicted octanol–water partition coefficient (Wildman–Crippen LogP) is 3.04. The standard InChI is InChI=1S/C16H19N3O2/c1-4-11-5-6-12(13(9-11)20-3)21-16-14(15(17)18)10(2)7-8-19-16/h5-9H,4H2,1-3H3,(H3,17,18). The molecule has 0 atom stereocenters. The lowest BCUT2D eigenvalue weighted by atomic mass is 10.1. The Morgan fingerprint density at radius 2 is 2.05 bits per heavy atom. The summed E-state index contributed by atoms with van der Waals surface area (Å²) < 4.78 is 11.2. The third kappa shape index (κ3) is 3.13. The summed E-state index contributed by atoms with van der Waals surface area (Å²) in [5.74, 6) is 1.42. The van der Waals surface area contributed by atoms with E-state index in [1.54, 1.807) is 19.4 Å². The maximum absolute atomic E-state index is 7.67. The number of amidine groups is 1. The van der Waals surface area contributed by atoms with Crippen LogP contribution >= 0.6 is 0 Å². The Labute approximate surface area is 124 Å². The first-order chi connectivity index (χ1) is 10.1. The van der Waals surface area contributed by atoms with Gasteiger partial charge in [0.1, 0.15) is 5.84 Å². The lowest BCUT2D eigenvalue weighted by Gasteiger charge is -2.14. The van der Waals surface area contributed by atoms with Crippen LogP contribution in [0.3, 0.4) is 0 Å². The molecule has 0 radical (unpaired) electrons. The molecule has 110 valence electrons. The zero-order chi connectivity index (χ0) is 15.4. The van der Waals surface area contributed by atoms with Crippen LogP contribution in [0.1, 0.15) is 23.6 Å². The highest BCUT2D eigenvalue weighted by molar-refractivity contribution is 5.98. The predicted molar refractivity (Wildman–Crippen MR) is 82.4 cm³/mol. The maximum atomic E-state index is 7.67. The van der Waals surface area contributed by atoms with Gasteiger partial charge in [0.05, 0.1) is 12.7 Å². The smallest absolute Gasteiger partial charge is 0.230 e. The maximum Gasteiger partial charge on any atom is 0.230 e. The third-order valence-corrected chi connectivity index (χ3v) is 3.24. The van der Waals surface area contributed by atoms with Crippen molar-refractivity contribution >= 4 is 5.84 Å². The summed E-state index contributed by atoms with van der Waals surface area (Å²) in [6, 6.07) is 7.53. The minimum absolute atomic E-state index is 0.0697. The number of benzene rings is 1. The number of hydrogen-bond acceptors (Lipinski definition) is 4. The summed E-state index contributed by atoms with van der Waals surface area (Å²) in [5, 5.41) is 7.67. The molecule has 0 fully saturated rings. The van der Waals surface area contributed by atoms with Gasteiger partial charge in [-0.3, -0.25) is 5.41 Å². The van der Waals surface area contributed by atoms with Gasteiger partial charge in [0.25, 0.3) is 0 Å². The fourth-order valence-corrected chi connectivity index (χ4v) is 2.06. The largest absolute Gasteiger partial charge is 0.493 e. The molecule has 0 amide bonds. The monoisotopic (exact) mass is 285 g/mol. The molecule has 1 aromatic heterocycles. The number of pyridine rings is 1. The summed E-state index contributed by atoms with van der Waals surface area (Å²) in [6.45, 7) is 3.94. The second kappa shape index (κ2) is 6.26. The van der Waals surface area contributed by atoms with Gasteiger partial charge in [-0.25, -0.2) is 4.98 Å². The SMILES string of the molecule is CCc1ccc(Oc2nccc(C)c2C(=N)N)c(OC)c1. The number of ether oxygens (including phenoxy) is 2. The van der Waals surface area contributed by atoms with Crippen molar-refractivity contribution in [2.24, 2.45) is 5.73 Å². The molecule has 0 saturated heterocycles. The van der Waals surface area contributed by atoms with Crippen LogP contribution in [0.2, 0.25) is 0 Å². The molecular formula is C16H19N3O2. The van der Waals surface area contributed by atoms with E-state index in [1.165, 1.54) is 0 Å². The van der Waals surface area contributed by atoms with Crippen LogP contribution in [0.5, 0.6) is 17.4 Å². The molecule has 0 unspecified atom stereocenters. The number of hydrogen-bond donors (Lipinski definition) is 2. The van der Waals surface area contributed by atoms with Crippen molar-refractivity contribution in [1.29, 1.82) is 5.41 Å². The lowest BCUT2D eigenvalue weighted by molar-refractivity contribution is 0.373. The van der Waals surface area contributed by atoms with Gasteiger partial charge in [0.2, 0.25) is 5.88 Å². The number of nitrogens with one attached hydrogen (secondary N) is 1. The van der Waals surface area contributed by atoms with Gasteiger partial charge in [-0.15, -0.1) is 0 Å². The fraction of sp³-hybridized carbons (Fsp3) is 0.250. The number of rotatable bonds is 5. The summed E-state index contributed by atoms with van der Waals surface area (Å²) in [4.78, 5) is 4.18. The van der Waals surface area contributed by atoms with Crippen LogP contribution in [0.25, 0.3) is 0 Å². The first-order valence-electron chi connectivity index (χ1n) is 6.71. The molecule has 0 saturated carbocycles. The van der Waals surface area contributed by atoms with E-state index in [0.29, 0.717) is 22.9 Å². The Morgan fingerprint density at radius 3 is 2.67 bits per heavy atom. The van der Waals surface area contributed by atoms with Crippen LogP contribution < -0.4 is 15.2 Å². The average molecular weight is 285 g/mol. The Balaban J connectivity index is 2.43. The van der Waals surface area contributed by atoms with E-state index in [9.17, 15) is 0 Å². The number of aryl methyl sites for hydroxylation is 2. The zero-order valence-corrected chi connectivity index (χ0v) is 12.4. The van der Waals surface area contributed by atoms with Crippen molar-refractivity contribution < 1.29 is 9.47 Å². The molecule has 1 aromatic carbocycles. The van der Waals surface area contributed by atoms with Gasteiger partial charge >= 0.3 is 0 Å². The van der Waals surface area contributed by atoms with Crippen LogP contribution in [0.15, 0.2) is 30.5 Å². The quantitative estimate of drug-likeness (QED) is 0.653. The van der Waals surface area contributed by atoms with Crippen molar-refractivity contribution in [1.82, 2.24) is 4.98 Å². The van der Waals surface area contributed by atoms with Crippen LogP contribution in [0.4, 0.5) is 0 Å². The summed E-state index contributed by atoms with van der Waals surface area (Å²) in [7, 11) is 1.59. The summed E-state index contributed by atoms with van der Waals surface area (Å²) in [5.41, 5.74) is 8.12. The van der Waals surface area contributed by atoms with Crippen LogP contribution in [-0.2, 0) is 6.42 Å². The van der Waals surface area contributed by atoms with Gasteiger partial charge in [0.15, 0.2) is 11.5 Å². The molecule has 0 aliphatic rings. The molecule has 2 rings (SSSR count). The van der Waals surface area contributed by atoms with Crippen molar-refractivity contribution in [2.75, 3.05) is 7.11 Å². The first-order valence-corrected chi connectivity index (χ1v) is 6.71. The highest BCUT2D eigenvalue weighted by Gasteiger charge is 2.14. The van der Waals surface area contributed by atoms with Crippen LogP contribution in [-0.4, -0.2) is 17.9 Å². The van der Waals surface area contributed by atoms with Gasteiger partial charge in [-0.05, 0) is 42.7 Å². The van der Waals surface area contributed by atoms with E-state index >= 15 is 0 Å². The normalized spacial score (nSPS) is 10.2. The minimum Gasteiger partial charge on any atom is -0.493 e. The molecule has 1 heterocycles. The molecule has 2 aromatic rings. The van der Waals surface area contributed by atoms with E-state index in [0.717, 1.165) is 17.5 Å². The third-order valence-electron chi connectivity index (χ3n) is 3.24. The van der Waals surface area contributed by atoms with E-state index in [2.05, 4.69) is 11.9 Å². The highest BCUT2D eigenvalue weighted by Crippen LogP contribution is 2.33. The molecule has 0 spiro atoms. The Hall–Kier alpha value is -2.56. The molecule has 3 N–H and O–H groups in total. The number of nitrogens with zero attached hydrogens (tertiary/aromatic N) is 1. The minimum atomic E-state index is -0.0697. The van der Waals surface area contributed by atoms with Gasteiger partial charge < -0.3 is 15.2 Å². The van der Waals surface area contributed by atoms with Crippen molar-refractivity contribution in [3.05, 3.63) is 47.2 Å². The lowest BCUT2D eigenvalue weighted by Crippen LogP contribution is -2.15. The molecule has 21 heavy (non-hydrogen) atoms. The molecule has 5 nitrogen and oxygen atoms in total. The number of nitrogen functional groups attached to an aromatic ring is 1. The Bertz CT molecular complexity index is 669. The highest BCUT2D eigenvalue weighted by atomic mass is 16.5. The fourth-order valence-electron chi connectivity index (χ4n) is 2.06. The molecule has 0 bridgehead atoms. The zero-order valence-electron chi connectivity index (χ0n) is 12.4. The van der Waals surface area contributed by atoms with Gasteiger partial charge in [-0.1, -0.05) is 13.0 Å². The second-order valence-electron chi connectivity index (χ2n) is 4.66. The molecule has 0 aliphatic heterocycles. The Morgan fingerprint density at radius 1 is 1.29 bits per heavy atom. The van der Waals surface area contributed by atoms with Crippen LogP contribution in [0, 0.1) is 12.3 Å². The van der Waals surface area contributed by atoms with Crippen molar-refractivity contribution in [3.8, 4) is 17.4 Å². The topological polar surface area (TPSA) is 81.2 Å². The van der Waals surface area contributed by atoms with Gasteiger partial charge in [-0.2, -0.15) is 0 Å². The number of nitrogens with two attached hydrogens (primary N) is 1. The van der Waals surface area contributed by atoms with Crippen molar-refractivity contribution in [3.63, 3.8) is 0 Å². The Kier molecular flexibility index (Phi) is 4.42. The second-order valence-corrected chi connectivity index (χ2v) is 4.66. The molecular weight excluding hydrogens is 266 g/mol. The van der Waals surface area contributed by atoms with E-state index in [-0.39, 0.29) is 5.84 Å². The van der Waals surface area contributed by atoms with E-state index < -0.39 is 0 Å². The summed E-state index contributed by atoms with van der Waals surface area (Å²) >= 11 is 0. The van der Waals surface area contributed by atoms with E-state index in [4.69, 9.17) is 20.6 Å². The number of methoxy groups -OCH3 is 1. The first kappa shape index (κ1) is 14.8. The average Bonchev–Trinajstić information content (AvgIpc) is 2.47.